The number of benzene rings is 1. The molecule has 0 radical (unpaired) electrons. The highest BCUT2D eigenvalue weighted by molar-refractivity contribution is 7.90. The molecule has 0 spiro atoms. The molecule has 23 heavy (non-hydrogen) atoms. The molecule has 1 aliphatic carbocycles. The fourth-order valence-corrected chi connectivity index (χ4v) is 2.66. The first-order valence-corrected chi connectivity index (χ1v) is 8.73. The molecule has 0 aromatic heterocycles. The predicted octanol–water partition coefficient (Wildman–Crippen LogP) is 0.235. The van der Waals surface area contributed by atoms with Gasteiger partial charge in [-0.3, -0.25) is 10.1 Å². The van der Waals surface area contributed by atoms with E-state index in [-0.39, 0.29) is 16.5 Å². The topological polar surface area (TPSA) is 119 Å². The summed E-state index contributed by atoms with van der Waals surface area (Å²) >= 11 is 0. The van der Waals surface area contributed by atoms with E-state index in [4.69, 9.17) is 4.74 Å². The van der Waals surface area contributed by atoms with Crippen LogP contribution in [0.4, 0.5) is 4.79 Å². The average molecular weight is 340 g/mol. The molecule has 0 heterocycles. The molecule has 1 aliphatic rings. The van der Waals surface area contributed by atoms with E-state index in [0.29, 0.717) is 0 Å². The minimum atomic E-state index is -3.61. The van der Waals surface area contributed by atoms with Gasteiger partial charge < -0.3 is 10.1 Å². The Morgan fingerprint density at radius 2 is 1.87 bits per heavy atom. The van der Waals surface area contributed by atoms with Crippen LogP contribution in [0.3, 0.4) is 0 Å². The number of urea groups is 1. The van der Waals surface area contributed by atoms with Crippen LogP contribution in [0.5, 0.6) is 0 Å². The van der Waals surface area contributed by atoms with E-state index in [1.807, 2.05) is 5.32 Å². The standard InChI is InChI=1S/C14H16N2O6S/c1-23(20,21)11-5-3-2-4-10(11)13(18)22-8-12(17)16-14(19)15-9-6-7-9/h2-5,9H,6-8H2,1H3,(H2,15,16,17,19). The minimum Gasteiger partial charge on any atom is -0.452 e. The van der Waals surface area contributed by atoms with Gasteiger partial charge in [-0.1, -0.05) is 12.1 Å². The second-order valence-electron chi connectivity index (χ2n) is 5.14. The number of carbonyl (C=O) groups excluding carboxylic acids is 3. The number of rotatable bonds is 5. The first-order valence-electron chi connectivity index (χ1n) is 6.84. The average Bonchev–Trinajstić information content (AvgIpc) is 3.27. The maximum atomic E-state index is 11.9. The van der Waals surface area contributed by atoms with Gasteiger partial charge in [0.1, 0.15) is 0 Å². The van der Waals surface area contributed by atoms with E-state index in [1.165, 1.54) is 24.3 Å². The molecule has 124 valence electrons. The van der Waals surface area contributed by atoms with Crippen molar-refractivity contribution in [2.75, 3.05) is 12.9 Å². The molecule has 9 heteroatoms. The Bertz CT molecular complexity index is 739. The molecule has 0 aliphatic heterocycles. The highest BCUT2D eigenvalue weighted by Gasteiger charge is 2.24. The lowest BCUT2D eigenvalue weighted by Gasteiger charge is -2.09. The van der Waals surface area contributed by atoms with Gasteiger partial charge in [0.05, 0.1) is 10.5 Å². The molecule has 0 saturated heterocycles. The number of imide groups is 1. The third-order valence-corrected chi connectivity index (χ3v) is 4.16. The van der Waals surface area contributed by atoms with Gasteiger partial charge >= 0.3 is 12.0 Å². The molecule has 1 aromatic carbocycles. The van der Waals surface area contributed by atoms with E-state index < -0.39 is 34.4 Å². The van der Waals surface area contributed by atoms with Crippen LogP contribution in [0.15, 0.2) is 29.2 Å². The molecule has 0 bridgehead atoms. The first-order chi connectivity index (χ1) is 10.8. The third-order valence-electron chi connectivity index (χ3n) is 3.01. The van der Waals surface area contributed by atoms with Crippen LogP contribution >= 0.6 is 0 Å². The number of esters is 1. The summed E-state index contributed by atoms with van der Waals surface area (Å²) in [5.41, 5.74) is -0.162. The van der Waals surface area contributed by atoms with Crippen LogP contribution in [-0.4, -0.2) is 45.2 Å². The molecule has 0 atom stereocenters. The van der Waals surface area contributed by atoms with Crippen molar-refractivity contribution >= 4 is 27.7 Å². The van der Waals surface area contributed by atoms with Gasteiger partial charge in [0.2, 0.25) is 0 Å². The Hall–Kier alpha value is -2.42. The van der Waals surface area contributed by atoms with E-state index in [2.05, 4.69) is 5.32 Å². The van der Waals surface area contributed by atoms with Gasteiger partial charge in [-0.2, -0.15) is 0 Å². The zero-order valence-corrected chi connectivity index (χ0v) is 13.2. The first kappa shape index (κ1) is 16.9. The maximum Gasteiger partial charge on any atom is 0.339 e. The third kappa shape index (κ3) is 5.06. The van der Waals surface area contributed by atoms with Crippen molar-refractivity contribution in [3.8, 4) is 0 Å². The highest BCUT2D eigenvalue weighted by Crippen LogP contribution is 2.18. The van der Waals surface area contributed by atoms with Gasteiger partial charge in [-0.05, 0) is 25.0 Å². The summed E-state index contributed by atoms with van der Waals surface area (Å²) in [6.07, 6.45) is 2.71. The van der Waals surface area contributed by atoms with Crippen LogP contribution in [0.2, 0.25) is 0 Å². The lowest BCUT2D eigenvalue weighted by molar-refractivity contribution is -0.123. The van der Waals surface area contributed by atoms with Gasteiger partial charge in [-0.15, -0.1) is 0 Å². The summed E-state index contributed by atoms with van der Waals surface area (Å²) in [5.74, 6) is -1.75. The number of sulfone groups is 1. The van der Waals surface area contributed by atoms with Gasteiger partial charge in [0.25, 0.3) is 5.91 Å². The van der Waals surface area contributed by atoms with Crippen LogP contribution in [0, 0.1) is 0 Å². The summed E-state index contributed by atoms with van der Waals surface area (Å²) in [4.78, 5) is 34.6. The maximum absolute atomic E-state index is 11.9. The normalized spacial score (nSPS) is 14.0. The Morgan fingerprint density at radius 3 is 2.48 bits per heavy atom. The number of hydrogen-bond acceptors (Lipinski definition) is 6. The van der Waals surface area contributed by atoms with Crippen molar-refractivity contribution in [1.29, 1.82) is 0 Å². The van der Waals surface area contributed by atoms with Gasteiger partial charge in [-0.25, -0.2) is 18.0 Å². The van der Waals surface area contributed by atoms with Crippen molar-refractivity contribution < 1.29 is 27.5 Å². The van der Waals surface area contributed by atoms with Crippen LogP contribution < -0.4 is 10.6 Å². The molecule has 8 nitrogen and oxygen atoms in total. The summed E-state index contributed by atoms with van der Waals surface area (Å²) in [6, 6.07) is 4.96. The van der Waals surface area contributed by atoms with Crippen LogP contribution in [0.1, 0.15) is 23.2 Å². The van der Waals surface area contributed by atoms with E-state index >= 15 is 0 Å². The van der Waals surface area contributed by atoms with Crippen LogP contribution in [0.25, 0.3) is 0 Å². The molecule has 3 amide bonds. The molecular weight excluding hydrogens is 324 g/mol. The van der Waals surface area contributed by atoms with Crippen molar-refractivity contribution in [2.24, 2.45) is 0 Å². The molecule has 1 saturated carbocycles. The predicted molar refractivity (Wildman–Crippen MR) is 79.5 cm³/mol. The summed E-state index contributed by atoms with van der Waals surface area (Å²) in [6.45, 7) is -0.685. The number of ether oxygens (including phenoxy) is 1. The largest absolute Gasteiger partial charge is 0.452 e. The number of hydrogen-bond donors (Lipinski definition) is 2. The fourth-order valence-electron chi connectivity index (χ4n) is 1.78. The van der Waals surface area contributed by atoms with Crippen molar-refractivity contribution in [2.45, 2.75) is 23.8 Å². The van der Waals surface area contributed by atoms with Crippen molar-refractivity contribution in [3.63, 3.8) is 0 Å². The Labute approximate surface area is 133 Å². The zero-order chi connectivity index (χ0) is 17.0. The van der Waals surface area contributed by atoms with E-state index in [0.717, 1.165) is 19.1 Å². The fraction of sp³-hybridized carbons (Fsp3) is 0.357. The lowest BCUT2D eigenvalue weighted by atomic mass is 10.2. The van der Waals surface area contributed by atoms with Gasteiger partial charge in [0.15, 0.2) is 16.4 Å². The number of carbonyl (C=O) groups is 3. The molecular formula is C14H16N2O6S. The Morgan fingerprint density at radius 1 is 1.22 bits per heavy atom. The summed E-state index contributed by atoms with van der Waals surface area (Å²) in [7, 11) is -3.61. The molecule has 0 unspecified atom stereocenters. The second kappa shape index (κ2) is 6.78. The van der Waals surface area contributed by atoms with Crippen molar-refractivity contribution in [1.82, 2.24) is 10.6 Å². The second-order valence-corrected chi connectivity index (χ2v) is 7.12. The monoisotopic (exact) mass is 340 g/mol. The Kier molecular flexibility index (Phi) is 4.99. The molecule has 2 rings (SSSR count). The lowest BCUT2D eigenvalue weighted by Crippen LogP contribution is -2.42. The summed E-state index contributed by atoms with van der Waals surface area (Å²) in [5, 5.41) is 4.56. The smallest absolute Gasteiger partial charge is 0.339 e. The van der Waals surface area contributed by atoms with E-state index in [1.54, 1.807) is 0 Å². The Balaban J connectivity index is 1.92. The van der Waals surface area contributed by atoms with Crippen molar-refractivity contribution in [3.05, 3.63) is 29.8 Å². The minimum absolute atomic E-state index is 0.0898. The summed E-state index contributed by atoms with van der Waals surface area (Å²) < 4.78 is 28.0. The quantitative estimate of drug-likeness (QED) is 0.741. The molecule has 1 fully saturated rings. The highest BCUT2D eigenvalue weighted by atomic mass is 32.2. The molecule has 2 N–H and O–H groups in total. The zero-order valence-electron chi connectivity index (χ0n) is 12.4. The molecule has 1 aromatic rings. The van der Waals surface area contributed by atoms with E-state index in [9.17, 15) is 22.8 Å². The number of amides is 3. The number of nitrogens with one attached hydrogen (secondary N) is 2. The van der Waals surface area contributed by atoms with Gasteiger partial charge in [0, 0.05) is 12.3 Å². The van der Waals surface area contributed by atoms with Crippen LogP contribution in [-0.2, 0) is 19.4 Å². The SMILES string of the molecule is CS(=O)(=O)c1ccccc1C(=O)OCC(=O)NC(=O)NC1CC1.